The summed E-state index contributed by atoms with van der Waals surface area (Å²) in [5.74, 6) is -0.808. The van der Waals surface area contributed by atoms with Crippen LogP contribution >= 0.6 is 0 Å². The van der Waals surface area contributed by atoms with Crippen molar-refractivity contribution in [2.45, 2.75) is 0 Å². The van der Waals surface area contributed by atoms with E-state index in [0.29, 0.717) is 0 Å². The maximum Gasteiger partial charge on any atom is 0.310 e. The van der Waals surface area contributed by atoms with E-state index in [1.54, 1.807) is 0 Å². The van der Waals surface area contributed by atoms with Gasteiger partial charge in [0.2, 0.25) is 0 Å². The molecule has 3 heteroatoms. The number of hydrogen-bond donors (Lipinski definition) is 2. The minimum absolute atomic E-state index is 0.808. The molecule has 0 saturated carbocycles. The summed E-state index contributed by atoms with van der Waals surface area (Å²) in [6.07, 6.45) is 0.819. The van der Waals surface area contributed by atoms with E-state index < -0.39 is 5.95 Å². The molecule has 0 heterocycles. The summed E-state index contributed by atoms with van der Waals surface area (Å²) in [5.41, 5.74) is 0. The molecule has 0 aliphatic heterocycles. The zero-order chi connectivity index (χ0) is 4.99. The van der Waals surface area contributed by atoms with Gasteiger partial charge in [0, 0.05) is 0 Å². The lowest BCUT2D eigenvalue weighted by molar-refractivity contribution is 0.162. The SMILES string of the molecule is COC=C(O)O. The van der Waals surface area contributed by atoms with Crippen molar-refractivity contribution in [3.63, 3.8) is 0 Å². The molecule has 3 nitrogen and oxygen atoms in total. The normalized spacial score (nSPS) is 6.83. The van der Waals surface area contributed by atoms with Gasteiger partial charge in [-0.05, 0) is 0 Å². The summed E-state index contributed by atoms with van der Waals surface area (Å²) in [4.78, 5) is 0. The summed E-state index contributed by atoms with van der Waals surface area (Å²) >= 11 is 0. The summed E-state index contributed by atoms with van der Waals surface area (Å²) in [7, 11) is 1.33. The van der Waals surface area contributed by atoms with Gasteiger partial charge in [-0.15, -0.1) is 0 Å². The van der Waals surface area contributed by atoms with Gasteiger partial charge >= 0.3 is 5.95 Å². The molecule has 0 aromatic carbocycles. The van der Waals surface area contributed by atoms with Crippen LogP contribution in [0.1, 0.15) is 0 Å². The lowest BCUT2D eigenvalue weighted by Gasteiger charge is -1.83. The van der Waals surface area contributed by atoms with E-state index in [1.807, 2.05) is 0 Å². The molecule has 0 radical (unpaired) electrons. The smallest absolute Gasteiger partial charge is 0.310 e. The van der Waals surface area contributed by atoms with Gasteiger partial charge in [-0.1, -0.05) is 0 Å². The first-order valence-electron chi connectivity index (χ1n) is 1.38. The topological polar surface area (TPSA) is 49.7 Å². The maximum absolute atomic E-state index is 7.84. The Balaban J connectivity index is 3.14. The molecule has 0 amide bonds. The Morgan fingerprint density at radius 2 is 2.17 bits per heavy atom. The van der Waals surface area contributed by atoms with Crippen LogP contribution in [0.3, 0.4) is 0 Å². The Hall–Kier alpha value is -0.860. The molecule has 0 aliphatic carbocycles. The minimum atomic E-state index is -0.808. The number of hydrogen-bond acceptors (Lipinski definition) is 3. The summed E-state index contributed by atoms with van der Waals surface area (Å²) < 4.78 is 4.14. The van der Waals surface area contributed by atoms with Gasteiger partial charge in [0.05, 0.1) is 7.11 Å². The van der Waals surface area contributed by atoms with Crippen molar-refractivity contribution in [2.75, 3.05) is 7.11 Å². The van der Waals surface area contributed by atoms with Gasteiger partial charge < -0.3 is 14.9 Å². The molecule has 0 fully saturated rings. The van der Waals surface area contributed by atoms with Crippen LogP contribution in [0, 0.1) is 0 Å². The van der Waals surface area contributed by atoms with Crippen molar-refractivity contribution in [3.05, 3.63) is 12.2 Å². The average molecular weight is 90.1 g/mol. The van der Waals surface area contributed by atoms with Crippen LogP contribution in [-0.4, -0.2) is 17.3 Å². The van der Waals surface area contributed by atoms with Crippen molar-refractivity contribution in [1.29, 1.82) is 0 Å². The van der Waals surface area contributed by atoms with Gasteiger partial charge in [0.25, 0.3) is 0 Å². The van der Waals surface area contributed by atoms with Crippen molar-refractivity contribution in [2.24, 2.45) is 0 Å². The van der Waals surface area contributed by atoms with Crippen LogP contribution < -0.4 is 0 Å². The molecule has 0 rings (SSSR count). The van der Waals surface area contributed by atoms with Gasteiger partial charge in [0.1, 0.15) is 0 Å². The van der Waals surface area contributed by atoms with Crippen LogP contribution in [0.15, 0.2) is 12.2 Å². The molecule has 6 heavy (non-hydrogen) atoms. The van der Waals surface area contributed by atoms with Crippen LogP contribution in [-0.2, 0) is 4.74 Å². The Kier molecular flexibility index (Phi) is 2.04. The Morgan fingerprint density at radius 1 is 1.67 bits per heavy atom. The fourth-order valence-corrected chi connectivity index (χ4v) is 0.105. The van der Waals surface area contributed by atoms with Gasteiger partial charge in [-0.2, -0.15) is 0 Å². The van der Waals surface area contributed by atoms with E-state index in [-0.39, 0.29) is 0 Å². The lowest BCUT2D eigenvalue weighted by atomic mass is 11.0. The Labute approximate surface area is 35.5 Å². The van der Waals surface area contributed by atoms with Crippen LogP contribution in [0.25, 0.3) is 0 Å². The van der Waals surface area contributed by atoms with Gasteiger partial charge in [0.15, 0.2) is 6.26 Å². The second-order valence-corrected chi connectivity index (χ2v) is 0.712. The highest BCUT2D eigenvalue weighted by Gasteiger charge is 1.74. The molecule has 0 aliphatic rings. The molecule has 2 N–H and O–H groups in total. The molecule has 0 bridgehead atoms. The number of ether oxygens (including phenoxy) is 1. The molecule has 0 atom stereocenters. The average Bonchev–Trinajstić information content (AvgIpc) is 1.35. The molecule has 36 valence electrons. The third-order valence-electron chi connectivity index (χ3n) is 0.223. The second kappa shape index (κ2) is 2.38. The Morgan fingerprint density at radius 3 is 2.17 bits per heavy atom. The highest BCUT2D eigenvalue weighted by atomic mass is 16.5. The van der Waals surface area contributed by atoms with E-state index in [1.165, 1.54) is 7.11 Å². The second-order valence-electron chi connectivity index (χ2n) is 0.712. The predicted octanol–water partition coefficient (Wildman–Crippen LogP) is 0.548. The fraction of sp³-hybridized carbons (Fsp3) is 0.333. The third-order valence-corrected chi connectivity index (χ3v) is 0.223. The van der Waals surface area contributed by atoms with Crippen molar-refractivity contribution < 1.29 is 14.9 Å². The first-order valence-corrected chi connectivity index (χ1v) is 1.38. The Bertz CT molecular complexity index is 53.1. The summed E-state index contributed by atoms with van der Waals surface area (Å²) in [5, 5.41) is 15.7. The quantitative estimate of drug-likeness (QED) is 0.462. The van der Waals surface area contributed by atoms with E-state index in [4.69, 9.17) is 10.2 Å². The largest absolute Gasteiger partial charge is 0.497 e. The van der Waals surface area contributed by atoms with Gasteiger partial charge in [-0.25, -0.2) is 0 Å². The van der Waals surface area contributed by atoms with Crippen LogP contribution in [0.5, 0.6) is 0 Å². The van der Waals surface area contributed by atoms with Crippen LogP contribution in [0.2, 0.25) is 0 Å². The van der Waals surface area contributed by atoms with Crippen LogP contribution in [0.4, 0.5) is 0 Å². The van der Waals surface area contributed by atoms with Crippen molar-refractivity contribution in [1.82, 2.24) is 0 Å². The summed E-state index contributed by atoms with van der Waals surface area (Å²) in [6, 6.07) is 0. The van der Waals surface area contributed by atoms with Crippen molar-refractivity contribution in [3.8, 4) is 0 Å². The monoisotopic (exact) mass is 90.0 g/mol. The molecular formula is C3H6O3. The van der Waals surface area contributed by atoms with E-state index >= 15 is 0 Å². The maximum atomic E-state index is 7.84. The fourth-order valence-electron chi connectivity index (χ4n) is 0.105. The zero-order valence-electron chi connectivity index (χ0n) is 3.38. The van der Waals surface area contributed by atoms with Gasteiger partial charge in [-0.3, -0.25) is 0 Å². The molecule has 0 aromatic heterocycles. The number of aliphatic hydroxyl groups is 2. The number of rotatable bonds is 1. The first kappa shape index (κ1) is 5.14. The number of methoxy groups -OCH3 is 1. The third kappa shape index (κ3) is 3.14. The molecule has 0 unspecified atom stereocenters. The van der Waals surface area contributed by atoms with E-state index in [2.05, 4.69) is 4.74 Å². The lowest BCUT2D eigenvalue weighted by Crippen LogP contribution is -1.75. The highest BCUT2D eigenvalue weighted by Crippen LogP contribution is 1.75. The van der Waals surface area contributed by atoms with Crippen molar-refractivity contribution >= 4 is 0 Å². The minimum Gasteiger partial charge on any atom is -0.497 e. The highest BCUT2D eigenvalue weighted by molar-refractivity contribution is 4.65. The first-order chi connectivity index (χ1) is 2.77. The zero-order valence-corrected chi connectivity index (χ0v) is 3.38. The van der Waals surface area contributed by atoms with E-state index in [0.717, 1.165) is 6.26 Å². The number of aliphatic hydroxyl groups excluding tert-OH is 1. The molecular weight excluding hydrogens is 84.0 g/mol. The van der Waals surface area contributed by atoms with E-state index in [9.17, 15) is 0 Å². The molecule has 0 aromatic rings. The molecule has 0 spiro atoms. The standard InChI is InChI=1S/C3H6O3/c1-6-2-3(4)5/h2,4-5H,1H3. The summed E-state index contributed by atoms with van der Waals surface area (Å²) in [6.45, 7) is 0. The predicted molar refractivity (Wildman–Crippen MR) is 20.3 cm³/mol. The molecule has 0 saturated heterocycles.